The standard InChI is InChI=1S/C12H12Cl2O3/c1-12(2,3)17-11(16)10(15)8-6-7(13)4-5-9(8)14/h4-6H,1-3H3. The van der Waals surface area contributed by atoms with Gasteiger partial charge in [0.2, 0.25) is 0 Å². The smallest absolute Gasteiger partial charge is 0.380 e. The lowest BCUT2D eigenvalue weighted by atomic mass is 10.1. The molecule has 17 heavy (non-hydrogen) atoms. The van der Waals surface area contributed by atoms with Gasteiger partial charge in [-0.1, -0.05) is 23.2 Å². The summed E-state index contributed by atoms with van der Waals surface area (Å²) in [5, 5.41) is 0.506. The molecule has 1 aromatic rings. The molecule has 5 heteroatoms. The van der Waals surface area contributed by atoms with Crippen LogP contribution in [0.4, 0.5) is 0 Å². The Balaban J connectivity index is 2.97. The quantitative estimate of drug-likeness (QED) is 0.471. The van der Waals surface area contributed by atoms with Crippen LogP contribution in [0.1, 0.15) is 31.1 Å². The Morgan fingerprint density at radius 3 is 2.29 bits per heavy atom. The van der Waals surface area contributed by atoms with E-state index in [4.69, 9.17) is 27.9 Å². The minimum atomic E-state index is -0.943. The molecule has 0 atom stereocenters. The van der Waals surface area contributed by atoms with E-state index in [2.05, 4.69) is 0 Å². The fourth-order valence-electron chi connectivity index (χ4n) is 1.11. The van der Waals surface area contributed by atoms with Crippen molar-refractivity contribution in [1.29, 1.82) is 0 Å². The van der Waals surface area contributed by atoms with Crippen LogP contribution in [0.2, 0.25) is 10.0 Å². The van der Waals surface area contributed by atoms with Crippen LogP contribution in [-0.4, -0.2) is 17.4 Å². The SMILES string of the molecule is CC(C)(C)OC(=O)C(=O)c1cc(Cl)ccc1Cl. The van der Waals surface area contributed by atoms with E-state index in [1.807, 2.05) is 0 Å². The first-order valence-electron chi connectivity index (χ1n) is 4.93. The van der Waals surface area contributed by atoms with Gasteiger partial charge in [0.05, 0.1) is 5.02 Å². The predicted octanol–water partition coefficient (Wildman–Crippen LogP) is 3.52. The molecule has 0 aliphatic heterocycles. The maximum atomic E-state index is 11.8. The summed E-state index contributed by atoms with van der Waals surface area (Å²) in [7, 11) is 0. The van der Waals surface area contributed by atoms with Crippen LogP contribution in [0.5, 0.6) is 0 Å². The second-order valence-corrected chi connectivity index (χ2v) is 5.30. The summed E-state index contributed by atoms with van der Waals surface area (Å²) >= 11 is 11.6. The van der Waals surface area contributed by atoms with Crippen molar-refractivity contribution in [3.05, 3.63) is 33.8 Å². The molecule has 0 N–H and O–H groups in total. The second-order valence-electron chi connectivity index (χ2n) is 4.46. The van der Waals surface area contributed by atoms with Crippen LogP contribution in [0.3, 0.4) is 0 Å². The molecule has 0 amide bonds. The molecule has 0 heterocycles. The number of esters is 1. The first kappa shape index (κ1) is 14.0. The molecule has 0 saturated carbocycles. The Labute approximate surface area is 110 Å². The maximum absolute atomic E-state index is 11.8. The molecule has 0 aliphatic rings. The fourth-order valence-corrected chi connectivity index (χ4v) is 1.48. The molecule has 0 unspecified atom stereocenters. The van der Waals surface area contributed by atoms with Gasteiger partial charge >= 0.3 is 5.97 Å². The summed E-state index contributed by atoms with van der Waals surface area (Å²) in [6, 6.07) is 4.34. The van der Waals surface area contributed by atoms with Crippen LogP contribution in [0.25, 0.3) is 0 Å². The number of carbonyl (C=O) groups is 2. The first-order chi connectivity index (χ1) is 7.70. The van der Waals surface area contributed by atoms with Gasteiger partial charge in [0, 0.05) is 10.6 Å². The normalized spacial score (nSPS) is 11.1. The number of ether oxygens (including phenoxy) is 1. The fraction of sp³-hybridized carbons (Fsp3) is 0.333. The number of rotatable bonds is 2. The number of Topliss-reactive ketones (excluding diaryl/α,β-unsaturated/α-hetero) is 1. The van der Waals surface area contributed by atoms with E-state index in [0.29, 0.717) is 5.02 Å². The molecule has 0 spiro atoms. The third kappa shape index (κ3) is 4.02. The molecule has 0 fully saturated rings. The average Bonchev–Trinajstić information content (AvgIpc) is 2.18. The van der Waals surface area contributed by atoms with Crippen molar-refractivity contribution in [3.63, 3.8) is 0 Å². The van der Waals surface area contributed by atoms with Crippen molar-refractivity contribution in [2.75, 3.05) is 0 Å². The van der Waals surface area contributed by atoms with Gasteiger partial charge in [-0.25, -0.2) is 4.79 Å². The second kappa shape index (κ2) is 5.07. The summed E-state index contributed by atoms with van der Waals surface area (Å²) in [6.45, 7) is 5.03. The van der Waals surface area contributed by atoms with Crippen molar-refractivity contribution in [3.8, 4) is 0 Å². The van der Waals surface area contributed by atoms with Gasteiger partial charge < -0.3 is 4.74 Å². The lowest BCUT2D eigenvalue weighted by Gasteiger charge is -2.18. The Morgan fingerprint density at radius 1 is 1.18 bits per heavy atom. The minimum absolute atomic E-state index is 0.0495. The number of hydrogen-bond acceptors (Lipinski definition) is 3. The zero-order chi connectivity index (χ0) is 13.2. The number of ketones is 1. The highest BCUT2D eigenvalue weighted by atomic mass is 35.5. The van der Waals surface area contributed by atoms with Gasteiger partial charge in [-0.15, -0.1) is 0 Å². The summed E-state index contributed by atoms with van der Waals surface area (Å²) in [5.74, 6) is -1.74. The highest BCUT2D eigenvalue weighted by Crippen LogP contribution is 2.22. The van der Waals surface area contributed by atoms with Gasteiger partial charge in [-0.2, -0.15) is 0 Å². The zero-order valence-electron chi connectivity index (χ0n) is 9.71. The Morgan fingerprint density at radius 2 is 1.76 bits per heavy atom. The van der Waals surface area contributed by atoms with Crippen molar-refractivity contribution >= 4 is 35.0 Å². The first-order valence-corrected chi connectivity index (χ1v) is 5.69. The van der Waals surface area contributed by atoms with Gasteiger partial charge in [0.15, 0.2) is 0 Å². The van der Waals surface area contributed by atoms with Crippen molar-refractivity contribution in [1.82, 2.24) is 0 Å². The lowest BCUT2D eigenvalue weighted by Crippen LogP contribution is -2.29. The van der Waals surface area contributed by atoms with Crippen molar-refractivity contribution in [2.24, 2.45) is 0 Å². The molecule has 92 valence electrons. The van der Waals surface area contributed by atoms with E-state index in [1.165, 1.54) is 18.2 Å². The number of benzene rings is 1. The van der Waals surface area contributed by atoms with Gasteiger partial charge in [0.25, 0.3) is 5.78 Å². The Kier molecular flexibility index (Phi) is 4.17. The molecular weight excluding hydrogens is 263 g/mol. The molecule has 1 rings (SSSR count). The minimum Gasteiger partial charge on any atom is -0.454 e. The third-order valence-electron chi connectivity index (χ3n) is 1.76. The van der Waals surface area contributed by atoms with Crippen LogP contribution >= 0.6 is 23.2 Å². The highest BCUT2D eigenvalue weighted by molar-refractivity contribution is 6.46. The van der Waals surface area contributed by atoms with Gasteiger partial charge in [-0.05, 0) is 39.0 Å². The molecule has 1 aromatic carbocycles. The molecule has 0 aliphatic carbocycles. The van der Waals surface area contributed by atoms with E-state index in [0.717, 1.165) is 0 Å². The van der Waals surface area contributed by atoms with Crippen LogP contribution < -0.4 is 0 Å². The van der Waals surface area contributed by atoms with Crippen molar-refractivity contribution < 1.29 is 14.3 Å². The third-order valence-corrected chi connectivity index (χ3v) is 2.32. The zero-order valence-corrected chi connectivity index (χ0v) is 11.2. The Bertz CT molecular complexity index is 461. The molecule has 0 radical (unpaired) electrons. The maximum Gasteiger partial charge on any atom is 0.380 e. The molecule has 0 bridgehead atoms. The molecule has 0 saturated heterocycles. The molecule has 3 nitrogen and oxygen atoms in total. The largest absolute Gasteiger partial charge is 0.454 e. The van der Waals surface area contributed by atoms with Crippen LogP contribution in [0.15, 0.2) is 18.2 Å². The van der Waals surface area contributed by atoms with Crippen LogP contribution in [-0.2, 0) is 9.53 Å². The van der Waals surface area contributed by atoms with Gasteiger partial charge in [-0.3, -0.25) is 4.79 Å². The van der Waals surface area contributed by atoms with E-state index in [9.17, 15) is 9.59 Å². The van der Waals surface area contributed by atoms with Gasteiger partial charge in [0.1, 0.15) is 5.60 Å². The van der Waals surface area contributed by atoms with Crippen molar-refractivity contribution in [2.45, 2.75) is 26.4 Å². The highest BCUT2D eigenvalue weighted by Gasteiger charge is 2.25. The molecular formula is C12H12Cl2O3. The van der Waals surface area contributed by atoms with E-state index in [-0.39, 0.29) is 10.6 Å². The van der Waals surface area contributed by atoms with E-state index in [1.54, 1.807) is 20.8 Å². The van der Waals surface area contributed by atoms with E-state index < -0.39 is 17.4 Å². The van der Waals surface area contributed by atoms with E-state index >= 15 is 0 Å². The number of hydrogen-bond donors (Lipinski definition) is 0. The summed E-state index contributed by atoms with van der Waals surface area (Å²) < 4.78 is 4.96. The van der Waals surface area contributed by atoms with Crippen LogP contribution in [0, 0.1) is 0 Å². The summed E-state index contributed by atoms with van der Waals surface area (Å²) in [6.07, 6.45) is 0. The summed E-state index contributed by atoms with van der Waals surface area (Å²) in [5.41, 5.74) is -0.675. The average molecular weight is 275 g/mol. The summed E-state index contributed by atoms with van der Waals surface area (Å²) in [4.78, 5) is 23.3. The monoisotopic (exact) mass is 274 g/mol. The molecule has 0 aromatic heterocycles. The lowest BCUT2D eigenvalue weighted by molar-refractivity contribution is -0.148. The number of carbonyl (C=O) groups excluding carboxylic acids is 2. The topological polar surface area (TPSA) is 43.4 Å². The Hall–Kier alpha value is -1.06. The predicted molar refractivity (Wildman–Crippen MR) is 66.6 cm³/mol. The number of halogens is 2.